The summed E-state index contributed by atoms with van der Waals surface area (Å²) in [6.07, 6.45) is 13.8. The van der Waals surface area contributed by atoms with Crippen LogP contribution in [0.15, 0.2) is 48.5 Å². The Morgan fingerprint density at radius 3 is 1.46 bits per heavy atom. The van der Waals surface area contributed by atoms with Gasteiger partial charge in [0, 0.05) is 33.7 Å². The molecule has 0 fully saturated rings. The zero-order chi connectivity index (χ0) is 18.0. The third-order valence-corrected chi connectivity index (χ3v) is 6.01. The van der Waals surface area contributed by atoms with Crippen molar-refractivity contribution in [2.45, 2.75) is 70.8 Å². The van der Waals surface area contributed by atoms with Crippen LogP contribution in [0.2, 0.25) is 0 Å². The highest BCUT2D eigenvalue weighted by Crippen LogP contribution is 2.29. The summed E-state index contributed by atoms with van der Waals surface area (Å²) < 4.78 is 2.52. The number of aromatic nitrogens is 1. The van der Waals surface area contributed by atoms with Crippen molar-refractivity contribution >= 4 is 37.7 Å². The van der Waals surface area contributed by atoms with Crippen molar-refractivity contribution in [2.75, 3.05) is 5.33 Å². The number of benzene rings is 2. The highest BCUT2D eigenvalue weighted by atomic mass is 79.9. The molecule has 2 aromatic carbocycles. The van der Waals surface area contributed by atoms with Gasteiger partial charge in [-0.25, -0.2) is 0 Å². The van der Waals surface area contributed by atoms with Gasteiger partial charge < -0.3 is 4.57 Å². The van der Waals surface area contributed by atoms with E-state index in [4.69, 9.17) is 0 Å². The number of nitrogens with zero attached hydrogens (tertiary/aromatic N) is 1. The van der Waals surface area contributed by atoms with Crippen LogP contribution >= 0.6 is 15.9 Å². The van der Waals surface area contributed by atoms with E-state index >= 15 is 0 Å². The Kier molecular flexibility index (Phi) is 8.07. The predicted molar refractivity (Wildman–Crippen MR) is 119 cm³/mol. The fourth-order valence-electron chi connectivity index (χ4n) is 4.02. The average molecular weight is 414 g/mol. The van der Waals surface area contributed by atoms with Crippen molar-refractivity contribution in [1.82, 2.24) is 4.57 Å². The lowest BCUT2D eigenvalue weighted by atomic mass is 10.1. The van der Waals surface area contributed by atoms with Crippen LogP contribution in [0.5, 0.6) is 0 Å². The highest BCUT2D eigenvalue weighted by molar-refractivity contribution is 9.09. The van der Waals surface area contributed by atoms with Crippen molar-refractivity contribution in [3.05, 3.63) is 48.5 Å². The summed E-state index contributed by atoms with van der Waals surface area (Å²) >= 11 is 3.51. The highest BCUT2D eigenvalue weighted by Gasteiger charge is 2.08. The SMILES string of the molecule is BrCCCCCCCCCCCCn1c2ccccc2c2ccccc21. The molecule has 0 spiro atoms. The molecule has 0 unspecified atom stereocenters. The molecule has 2 heteroatoms. The largest absolute Gasteiger partial charge is 0.340 e. The first-order valence-electron chi connectivity index (χ1n) is 10.4. The monoisotopic (exact) mass is 413 g/mol. The quantitative estimate of drug-likeness (QED) is 0.208. The molecule has 0 aliphatic heterocycles. The summed E-state index contributed by atoms with van der Waals surface area (Å²) in [6.45, 7) is 1.14. The molecule has 140 valence electrons. The lowest BCUT2D eigenvalue weighted by Crippen LogP contribution is -1.97. The molecule has 1 aromatic heterocycles. The number of rotatable bonds is 12. The molecule has 0 amide bonds. The Hall–Kier alpha value is -1.28. The number of alkyl halides is 1. The molecular formula is C24H32BrN. The maximum Gasteiger partial charge on any atom is 0.0491 e. The molecule has 0 aliphatic carbocycles. The summed E-state index contributed by atoms with van der Waals surface area (Å²) in [6, 6.07) is 17.7. The number of para-hydroxylation sites is 2. The molecule has 0 saturated carbocycles. The molecule has 0 bridgehead atoms. The van der Waals surface area contributed by atoms with E-state index in [-0.39, 0.29) is 0 Å². The molecule has 3 rings (SSSR count). The Morgan fingerprint density at radius 1 is 0.538 bits per heavy atom. The summed E-state index contributed by atoms with van der Waals surface area (Å²) in [7, 11) is 0. The first-order valence-corrected chi connectivity index (χ1v) is 11.6. The predicted octanol–water partition coefficient (Wildman–Crippen LogP) is 8.09. The van der Waals surface area contributed by atoms with Crippen molar-refractivity contribution in [2.24, 2.45) is 0 Å². The van der Waals surface area contributed by atoms with Crippen LogP contribution in [0.1, 0.15) is 64.2 Å². The van der Waals surface area contributed by atoms with Gasteiger partial charge in [-0.2, -0.15) is 0 Å². The van der Waals surface area contributed by atoms with Gasteiger partial charge in [-0.1, -0.05) is 104 Å². The molecule has 0 radical (unpaired) electrons. The van der Waals surface area contributed by atoms with E-state index in [1.165, 1.54) is 91.3 Å². The van der Waals surface area contributed by atoms with Gasteiger partial charge >= 0.3 is 0 Å². The van der Waals surface area contributed by atoms with Crippen LogP contribution in [-0.2, 0) is 6.54 Å². The van der Waals surface area contributed by atoms with E-state index in [9.17, 15) is 0 Å². The minimum absolute atomic E-state index is 1.14. The second-order valence-electron chi connectivity index (χ2n) is 7.41. The number of hydrogen-bond acceptors (Lipinski definition) is 0. The summed E-state index contributed by atoms with van der Waals surface area (Å²) in [4.78, 5) is 0. The van der Waals surface area contributed by atoms with Gasteiger partial charge in [-0.3, -0.25) is 0 Å². The van der Waals surface area contributed by atoms with E-state index in [1.54, 1.807) is 0 Å². The minimum Gasteiger partial charge on any atom is -0.340 e. The average Bonchev–Trinajstić information content (AvgIpc) is 3.00. The third kappa shape index (κ3) is 5.13. The van der Waals surface area contributed by atoms with E-state index in [1.807, 2.05) is 0 Å². The fraction of sp³-hybridized carbons (Fsp3) is 0.500. The normalized spacial score (nSPS) is 11.6. The minimum atomic E-state index is 1.14. The van der Waals surface area contributed by atoms with Gasteiger partial charge in [0.2, 0.25) is 0 Å². The standard InChI is InChI=1S/C24H32BrN/c25-19-13-7-5-3-1-2-4-6-8-14-20-26-23-17-11-9-15-21(23)22-16-10-12-18-24(22)26/h9-12,15-18H,1-8,13-14,19-20H2. The Balaban J connectivity index is 1.41. The van der Waals surface area contributed by atoms with Gasteiger partial charge in [0.05, 0.1) is 0 Å². The number of unbranched alkanes of at least 4 members (excludes halogenated alkanes) is 9. The van der Waals surface area contributed by atoms with E-state index in [0.29, 0.717) is 0 Å². The van der Waals surface area contributed by atoms with Gasteiger partial charge in [0.25, 0.3) is 0 Å². The molecule has 3 aromatic rings. The van der Waals surface area contributed by atoms with E-state index in [0.717, 1.165) is 6.54 Å². The maximum atomic E-state index is 3.51. The number of halogens is 1. The first kappa shape index (κ1) is 19.5. The molecular weight excluding hydrogens is 382 g/mol. The molecule has 0 saturated heterocycles. The van der Waals surface area contributed by atoms with Crippen molar-refractivity contribution in [1.29, 1.82) is 0 Å². The molecule has 0 atom stereocenters. The maximum absolute atomic E-state index is 3.51. The Bertz CT molecular complexity index is 736. The topological polar surface area (TPSA) is 4.93 Å². The van der Waals surface area contributed by atoms with Gasteiger partial charge in [-0.05, 0) is 25.0 Å². The van der Waals surface area contributed by atoms with Gasteiger partial charge in [0.15, 0.2) is 0 Å². The van der Waals surface area contributed by atoms with Crippen LogP contribution in [0.3, 0.4) is 0 Å². The van der Waals surface area contributed by atoms with Crippen molar-refractivity contribution in [3.63, 3.8) is 0 Å². The zero-order valence-corrected chi connectivity index (χ0v) is 17.5. The second kappa shape index (κ2) is 10.8. The fourth-order valence-corrected chi connectivity index (χ4v) is 4.42. The van der Waals surface area contributed by atoms with Crippen LogP contribution in [-0.4, -0.2) is 9.90 Å². The zero-order valence-electron chi connectivity index (χ0n) is 15.9. The smallest absolute Gasteiger partial charge is 0.0491 e. The Labute approximate surface area is 166 Å². The number of aryl methyl sites for hydroxylation is 1. The summed E-state index contributed by atoms with van der Waals surface area (Å²) in [5.74, 6) is 0. The second-order valence-corrected chi connectivity index (χ2v) is 8.20. The molecule has 1 nitrogen and oxygen atoms in total. The summed E-state index contributed by atoms with van der Waals surface area (Å²) in [5.41, 5.74) is 2.77. The van der Waals surface area contributed by atoms with Crippen LogP contribution in [0.4, 0.5) is 0 Å². The first-order chi connectivity index (χ1) is 12.9. The molecule has 0 N–H and O–H groups in total. The summed E-state index contributed by atoms with van der Waals surface area (Å²) in [5, 5.41) is 3.95. The van der Waals surface area contributed by atoms with Crippen molar-refractivity contribution in [3.8, 4) is 0 Å². The Morgan fingerprint density at radius 2 is 0.962 bits per heavy atom. The number of hydrogen-bond donors (Lipinski definition) is 0. The van der Waals surface area contributed by atoms with Crippen LogP contribution in [0.25, 0.3) is 21.8 Å². The molecule has 1 heterocycles. The van der Waals surface area contributed by atoms with E-state index < -0.39 is 0 Å². The van der Waals surface area contributed by atoms with Crippen LogP contribution < -0.4 is 0 Å². The molecule has 0 aliphatic rings. The van der Waals surface area contributed by atoms with Crippen molar-refractivity contribution < 1.29 is 0 Å². The lowest BCUT2D eigenvalue weighted by Gasteiger charge is -2.07. The van der Waals surface area contributed by atoms with Gasteiger partial charge in [-0.15, -0.1) is 0 Å². The van der Waals surface area contributed by atoms with Crippen LogP contribution in [0, 0.1) is 0 Å². The molecule has 26 heavy (non-hydrogen) atoms. The van der Waals surface area contributed by atoms with Gasteiger partial charge in [0.1, 0.15) is 0 Å². The lowest BCUT2D eigenvalue weighted by molar-refractivity contribution is 0.542. The number of fused-ring (bicyclic) bond motifs is 3. The third-order valence-electron chi connectivity index (χ3n) is 5.45. The van der Waals surface area contributed by atoms with E-state index in [2.05, 4.69) is 69.0 Å².